The van der Waals surface area contributed by atoms with Crippen LogP contribution in [0, 0.1) is 5.92 Å². The minimum absolute atomic E-state index is 0.0677. The molecule has 1 aromatic carbocycles. The lowest BCUT2D eigenvalue weighted by Crippen LogP contribution is -2.44. The first-order valence-corrected chi connectivity index (χ1v) is 8.47. The molecule has 5 heteroatoms. The van der Waals surface area contributed by atoms with Crippen molar-refractivity contribution >= 4 is 11.6 Å². The van der Waals surface area contributed by atoms with Gasteiger partial charge in [0.05, 0.1) is 26.0 Å². The Balaban J connectivity index is 1.81. The van der Waals surface area contributed by atoms with Gasteiger partial charge in [-0.25, -0.2) is 0 Å². The second kappa shape index (κ2) is 7.32. The van der Waals surface area contributed by atoms with Gasteiger partial charge in [-0.15, -0.1) is 0 Å². The van der Waals surface area contributed by atoms with E-state index in [2.05, 4.69) is 11.0 Å². The third-order valence-electron chi connectivity index (χ3n) is 4.86. The predicted molar refractivity (Wildman–Crippen MR) is 90.1 cm³/mol. The second-order valence-electron chi connectivity index (χ2n) is 6.38. The molecule has 1 unspecified atom stereocenters. The van der Waals surface area contributed by atoms with Crippen LogP contribution in [-0.2, 0) is 16.0 Å². The maximum atomic E-state index is 12.8. The highest BCUT2D eigenvalue weighted by molar-refractivity contribution is 5.96. The Morgan fingerprint density at radius 2 is 2.04 bits per heavy atom. The molecule has 126 valence electrons. The molecule has 0 radical (unpaired) electrons. The fourth-order valence-electron chi connectivity index (χ4n) is 3.31. The molecule has 0 aliphatic carbocycles. The van der Waals surface area contributed by atoms with Crippen molar-refractivity contribution in [2.75, 3.05) is 51.4 Å². The zero-order valence-electron chi connectivity index (χ0n) is 14.1. The van der Waals surface area contributed by atoms with Crippen molar-refractivity contribution in [2.24, 2.45) is 5.92 Å². The molecule has 0 bridgehead atoms. The first-order valence-electron chi connectivity index (χ1n) is 8.47. The summed E-state index contributed by atoms with van der Waals surface area (Å²) >= 11 is 0. The van der Waals surface area contributed by atoms with Crippen LogP contribution in [0.4, 0.5) is 5.69 Å². The molecule has 1 fully saturated rings. The molecular formula is C18H26N2O3. The molecule has 0 N–H and O–H groups in total. The maximum Gasteiger partial charge on any atom is 0.229 e. The number of morpholine rings is 1. The lowest BCUT2D eigenvalue weighted by atomic mass is 10.0. The summed E-state index contributed by atoms with van der Waals surface area (Å²) in [5.74, 6) is 1.10. The standard InChI is InChI=1S/C18H26N2O3/c1-14-3-4-15-5-6-16(22-2)13-17(15)20(18(14)21)8-7-19-9-11-23-12-10-19/h5-6,13-14H,3-4,7-12H2,1-2H3. The predicted octanol–water partition coefficient (Wildman–Crippen LogP) is 1.94. The highest BCUT2D eigenvalue weighted by atomic mass is 16.5. The van der Waals surface area contributed by atoms with E-state index in [1.807, 2.05) is 24.0 Å². The number of carbonyl (C=O) groups excluding carboxylic acids is 1. The van der Waals surface area contributed by atoms with Gasteiger partial charge in [-0.2, -0.15) is 0 Å². The maximum absolute atomic E-state index is 12.8. The molecule has 0 aromatic heterocycles. The first kappa shape index (κ1) is 16.3. The molecule has 0 saturated carbocycles. The zero-order valence-corrected chi connectivity index (χ0v) is 14.1. The number of benzene rings is 1. The summed E-state index contributed by atoms with van der Waals surface area (Å²) in [6.45, 7) is 7.11. The second-order valence-corrected chi connectivity index (χ2v) is 6.38. The van der Waals surface area contributed by atoms with Crippen LogP contribution in [-0.4, -0.2) is 57.3 Å². The average Bonchev–Trinajstić information content (AvgIpc) is 2.71. The van der Waals surface area contributed by atoms with Gasteiger partial charge >= 0.3 is 0 Å². The summed E-state index contributed by atoms with van der Waals surface area (Å²) in [5.41, 5.74) is 2.26. The van der Waals surface area contributed by atoms with E-state index in [-0.39, 0.29) is 11.8 Å². The van der Waals surface area contributed by atoms with E-state index in [0.29, 0.717) is 0 Å². The van der Waals surface area contributed by atoms with Crippen LogP contribution in [0.5, 0.6) is 5.75 Å². The molecule has 23 heavy (non-hydrogen) atoms. The normalized spacial score (nSPS) is 22.6. The van der Waals surface area contributed by atoms with E-state index in [1.54, 1.807) is 7.11 Å². The Hall–Kier alpha value is -1.59. The third kappa shape index (κ3) is 3.67. The van der Waals surface area contributed by atoms with Crippen LogP contribution in [0.3, 0.4) is 0 Å². The topological polar surface area (TPSA) is 42.0 Å². The lowest BCUT2D eigenvalue weighted by Gasteiger charge is -2.31. The van der Waals surface area contributed by atoms with Crippen LogP contribution >= 0.6 is 0 Å². The molecule has 3 rings (SSSR count). The van der Waals surface area contributed by atoms with Gasteiger partial charge in [-0.3, -0.25) is 9.69 Å². The fraction of sp³-hybridized carbons (Fsp3) is 0.611. The summed E-state index contributed by atoms with van der Waals surface area (Å²) in [5, 5.41) is 0. The van der Waals surface area contributed by atoms with Gasteiger partial charge in [0.2, 0.25) is 5.91 Å². The first-order chi connectivity index (χ1) is 11.2. The summed E-state index contributed by atoms with van der Waals surface area (Å²) in [4.78, 5) is 17.2. The molecule has 1 saturated heterocycles. The summed E-state index contributed by atoms with van der Waals surface area (Å²) < 4.78 is 10.8. The number of methoxy groups -OCH3 is 1. The molecule has 1 atom stereocenters. The average molecular weight is 318 g/mol. The van der Waals surface area contributed by atoms with Gasteiger partial charge in [0.1, 0.15) is 5.75 Å². The lowest BCUT2D eigenvalue weighted by molar-refractivity contribution is -0.122. The van der Waals surface area contributed by atoms with Gasteiger partial charge in [0, 0.05) is 38.2 Å². The number of hydrogen-bond acceptors (Lipinski definition) is 4. The molecule has 5 nitrogen and oxygen atoms in total. The van der Waals surface area contributed by atoms with Gasteiger partial charge in [-0.1, -0.05) is 13.0 Å². The van der Waals surface area contributed by atoms with Gasteiger partial charge in [-0.05, 0) is 24.5 Å². The number of carbonyl (C=O) groups is 1. The molecule has 1 amide bonds. The molecule has 1 aromatic rings. The zero-order chi connectivity index (χ0) is 16.2. The smallest absolute Gasteiger partial charge is 0.229 e. The largest absolute Gasteiger partial charge is 0.497 e. The van der Waals surface area contributed by atoms with E-state index < -0.39 is 0 Å². The molecule has 0 spiro atoms. The highest BCUT2D eigenvalue weighted by Crippen LogP contribution is 2.32. The molecular weight excluding hydrogens is 292 g/mol. The van der Waals surface area contributed by atoms with Crippen LogP contribution in [0.15, 0.2) is 18.2 Å². The fourth-order valence-corrected chi connectivity index (χ4v) is 3.31. The number of rotatable bonds is 4. The minimum atomic E-state index is 0.0677. The van der Waals surface area contributed by atoms with Gasteiger partial charge in [0.25, 0.3) is 0 Å². The van der Waals surface area contributed by atoms with Crippen molar-refractivity contribution in [3.8, 4) is 5.75 Å². The van der Waals surface area contributed by atoms with Crippen molar-refractivity contribution in [3.63, 3.8) is 0 Å². The number of amides is 1. The van der Waals surface area contributed by atoms with Crippen LogP contribution in [0.2, 0.25) is 0 Å². The van der Waals surface area contributed by atoms with Crippen molar-refractivity contribution < 1.29 is 14.3 Å². The Morgan fingerprint density at radius 3 is 2.78 bits per heavy atom. The Kier molecular flexibility index (Phi) is 5.18. The van der Waals surface area contributed by atoms with Crippen molar-refractivity contribution in [1.82, 2.24) is 4.90 Å². The highest BCUT2D eigenvalue weighted by Gasteiger charge is 2.28. The quantitative estimate of drug-likeness (QED) is 0.851. The monoisotopic (exact) mass is 318 g/mol. The summed E-state index contributed by atoms with van der Waals surface area (Å²) in [6, 6.07) is 6.09. The van der Waals surface area contributed by atoms with Crippen molar-refractivity contribution in [1.29, 1.82) is 0 Å². The van der Waals surface area contributed by atoms with Crippen molar-refractivity contribution in [2.45, 2.75) is 19.8 Å². The van der Waals surface area contributed by atoms with E-state index in [1.165, 1.54) is 5.56 Å². The van der Waals surface area contributed by atoms with E-state index in [4.69, 9.17) is 9.47 Å². The number of anilines is 1. The SMILES string of the molecule is COc1ccc2c(c1)N(CCN1CCOCC1)C(=O)C(C)CC2. The van der Waals surface area contributed by atoms with Gasteiger partial charge in [0.15, 0.2) is 0 Å². The van der Waals surface area contributed by atoms with Crippen LogP contribution < -0.4 is 9.64 Å². The van der Waals surface area contributed by atoms with E-state index >= 15 is 0 Å². The van der Waals surface area contributed by atoms with E-state index in [0.717, 1.165) is 63.7 Å². The summed E-state index contributed by atoms with van der Waals surface area (Å²) in [6.07, 6.45) is 1.85. The number of hydrogen-bond donors (Lipinski definition) is 0. The Bertz CT molecular complexity index is 555. The summed E-state index contributed by atoms with van der Waals surface area (Å²) in [7, 11) is 1.67. The van der Waals surface area contributed by atoms with Crippen LogP contribution in [0.1, 0.15) is 18.9 Å². The molecule has 2 aliphatic rings. The molecule has 2 heterocycles. The Morgan fingerprint density at radius 1 is 1.26 bits per heavy atom. The Labute approximate surface area is 138 Å². The number of nitrogens with zero attached hydrogens (tertiary/aromatic N) is 2. The van der Waals surface area contributed by atoms with Crippen molar-refractivity contribution in [3.05, 3.63) is 23.8 Å². The molecule has 2 aliphatic heterocycles. The van der Waals surface area contributed by atoms with Gasteiger partial charge < -0.3 is 14.4 Å². The third-order valence-corrected chi connectivity index (χ3v) is 4.86. The number of ether oxygens (including phenoxy) is 2. The van der Waals surface area contributed by atoms with E-state index in [9.17, 15) is 4.79 Å². The number of aryl methyl sites for hydroxylation is 1. The number of fused-ring (bicyclic) bond motifs is 1. The van der Waals surface area contributed by atoms with Crippen LogP contribution in [0.25, 0.3) is 0 Å². The minimum Gasteiger partial charge on any atom is -0.497 e.